The molecule has 16 heavy (non-hydrogen) atoms. The van der Waals surface area contributed by atoms with Crippen LogP contribution in [0.25, 0.3) is 0 Å². The fraction of sp³-hybridized carbons (Fsp3) is 0.769. The Balaban J connectivity index is 2.68. The minimum Gasteiger partial charge on any atom is -0.388 e. The fourth-order valence-electron chi connectivity index (χ4n) is 2.37. The van der Waals surface area contributed by atoms with Gasteiger partial charge in [0.05, 0.1) is 6.10 Å². The Morgan fingerprint density at radius 2 is 2.12 bits per heavy atom. The maximum atomic E-state index is 11.9. The number of aliphatic hydroxyl groups is 1. The van der Waals surface area contributed by atoms with Gasteiger partial charge in [-0.1, -0.05) is 13.8 Å². The lowest BCUT2D eigenvalue weighted by molar-refractivity contribution is -0.119. The number of nitrogens with zero attached hydrogens (tertiary/aromatic N) is 1. The molecule has 1 rings (SSSR count). The SMILES string of the molecule is CC(C)CC1CC(=O)/C(=C/N(C)C)C(O)C1. The van der Waals surface area contributed by atoms with Gasteiger partial charge in [0.25, 0.3) is 0 Å². The van der Waals surface area contributed by atoms with Crippen LogP contribution in [-0.2, 0) is 4.79 Å². The molecular formula is C13H23NO2. The second-order valence-electron chi connectivity index (χ2n) is 5.42. The average Bonchev–Trinajstić information content (AvgIpc) is 2.10. The lowest BCUT2D eigenvalue weighted by Gasteiger charge is -2.29. The Bertz CT molecular complexity index is 282. The number of carbonyl (C=O) groups is 1. The molecule has 1 fully saturated rings. The van der Waals surface area contributed by atoms with E-state index in [0.717, 1.165) is 12.8 Å². The van der Waals surface area contributed by atoms with Crippen LogP contribution in [-0.4, -0.2) is 36.0 Å². The molecule has 0 aromatic heterocycles. The molecule has 1 aliphatic carbocycles. The highest BCUT2D eigenvalue weighted by atomic mass is 16.3. The Hall–Kier alpha value is -0.830. The van der Waals surface area contributed by atoms with Crippen molar-refractivity contribution in [2.75, 3.05) is 14.1 Å². The Labute approximate surface area is 98.1 Å². The van der Waals surface area contributed by atoms with Gasteiger partial charge in [0, 0.05) is 32.3 Å². The highest BCUT2D eigenvalue weighted by Gasteiger charge is 2.30. The molecule has 0 heterocycles. The molecule has 0 radical (unpaired) electrons. The standard InChI is InChI=1S/C13H23NO2/c1-9(2)5-10-6-12(15)11(8-14(3)4)13(16)7-10/h8-10,12,15H,5-7H2,1-4H3/b11-8+. The molecule has 0 amide bonds. The van der Waals surface area contributed by atoms with Crippen LogP contribution in [0.3, 0.4) is 0 Å². The Morgan fingerprint density at radius 3 is 2.56 bits per heavy atom. The average molecular weight is 225 g/mol. The summed E-state index contributed by atoms with van der Waals surface area (Å²) in [5, 5.41) is 9.96. The van der Waals surface area contributed by atoms with Crippen molar-refractivity contribution < 1.29 is 9.90 Å². The van der Waals surface area contributed by atoms with Gasteiger partial charge in [-0.15, -0.1) is 0 Å². The monoisotopic (exact) mass is 225 g/mol. The third-order valence-corrected chi connectivity index (χ3v) is 2.91. The van der Waals surface area contributed by atoms with E-state index in [0.29, 0.717) is 23.8 Å². The van der Waals surface area contributed by atoms with E-state index in [9.17, 15) is 9.90 Å². The van der Waals surface area contributed by atoms with Gasteiger partial charge in [-0.25, -0.2) is 0 Å². The molecule has 3 heteroatoms. The topological polar surface area (TPSA) is 40.5 Å². The summed E-state index contributed by atoms with van der Waals surface area (Å²) in [5.41, 5.74) is 0.574. The summed E-state index contributed by atoms with van der Waals surface area (Å²) in [7, 11) is 3.74. The second-order valence-corrected chi connectivity index (χ2v) is 5.42. The van der Waals surface area contributed by atoms with Gasteiger partial charge in [0.1, 0.15) is 0 Å². The smallest absolute Gasteiger partial charge is 0.163 e. The van der Waals surface area contributed by atoms with Gasteiger partial charge in [0.2, 0.25) is 0 Å². The molecule has 2 unspecified atom stereocenters. The van der Waals surface area contributed by atoms with Crippen molar-refractivity contribution in [1.82, 2.24) is 4.90 Å². The highest BCUT2D eigenvalue weighted by molar-refractivity contribution is 5.97. The van der Waals surface area contributed by atoms with Crippen LogP contribution >= 0.6 is 0 Å². The first-order valence-corrected chi connectivity index (χ1v) is 5.99. The number of aliphatic hydroxyl groups excluding tert-OH is 1. The largest absolute Gasteiger partial charge is 0.388 e. The lowest BCUT2D eigenvalue weighted by atomic mass is 9.79. The quantitative estimate of drug-likeness (QED) is 0.745. The van der Waals surface area contributed by atoms with Crippen LogP contribution in [0.4, 0.5) is 0 Å². The Morgan fingerprint density at radius 1 is 1.50 bits per heavy atom. The van der Waals surface area contributed by atoms with Crippen molar-refractivity contribution in [3.63, 3.8) is 0 Å². The zero-order chi connectivity index (χ0) is 12.3. The third-order valence-electron chi connectivity index (χ3n) is 2.91. The molecule has 0 saturated heterocycles. The zero-order valence-corrected chi connectivity index (χ0v) is 10.7. The maximum Gasteiger partial charge on any atom is 0.163 e. The molecule has 3 nitrogen and oxygen atoms in total. The molecule has 0 bridgehead atoms. The molecule has 1 saturated carbocycles. The van der Waals surface area contributed by atoms with Crippen LogP contribution in [0.5, 0.6) is 0 Å². The van der Waals surface area contributed by atoms with Crippen molar-refractivity contribution in [2.45, 2.75) is 39.2 Å². The summed E-state index contributed by atoms with van der Waals surface area (Å²) >= 11 is 0. The Kier molecular flexibility index (Phi) is 4.54. The fourth-order valence-corrected chi connectivity index (χ4v) is 2.37. The summed E-state index contributed by atoms with van der Waals surface area (Å²) in [6, 6.07) is 0. The summed E-state index contributed by atoms with van der Waals surface area (Å²) in [6.45, 7) is 4.31. The van der Waals surface area contributed by atoms with E-state index in [1.807, 2.05) is 19.0 Å². The molecule has 0 aromatic carbocycles. The van der Waals surface area contributed by atoms with Gasteiger partial charge >= 0.3 is 0 Å². The first-order valence-electron chi connectivity index (χ1n) is 5.99. The molecule has 2 atom stereocenters. The van der Waals surface area contributed by atoms with E-state index in [-0.39, 0.29) is 5.78 Å². The number of rotatable bonds is 3. The zero-order valence-electron chi connectivity index (χ0n) is 10.7. The van der Waals surface area contributed by atoms with Crippen LogP contribution < -0.4 is 0 Å². The van der Waals surface area contributed by atoms with Gasteiger partial charge < -0.3 is 10.0 Å². The molecule has 0 aliphatic heterocycles. The van der Waals surface area contributed by atoms with E-state index in [2.05, 4.69) is 13.8 Å². The van der Waals surface area contributed by atoms with E-state index < -0.39 is 6.10 Å². The van der Waals surface area contributed by atoms with Crippen LogP contribution in [0.1, 0.15) is 33.1 Å². The molecule has 0 spiro atoms. The van der Waals surface area contributed by atoms with Gasteiger partial charge in [-0.2, -0.15) is 0 Å². The van der Waals surface area contributed by atoms with Crippen LogP contribution in [0, 0.1) is 11.8 Å². The molecule has 1 aliphatic rings. The molecule has 92 valence electrons. The summed E-state index contributed by atoms with van der Waals surface area (Å²) in [4.78, 5) is 13.7. The van der Waals surface area contributed by atoms with E-state index in [1.54, 1.807) is 6.20 Å². The normalized spacial score (nSPS) is 28.9. The maximum absolute atomic E-state index is 11.9. The van der Waals surface area contributed by atoms with Crippen molar-refractivity contribution >= 4 is 5.78 Å². The highest BCUT2D eigenvalue weighted by Crippen LogP contribution is 2.30. The van der Waals surface area contributed by atoms with Gasteiger partial charge in [0.15, 0.2) is 5.78 Å². The van der Waals surface area contributed by atoms with Gasteiger partial charge in [-0.3, -0.25) is 4.79 Å². The first kappa shape index (κ1) is 13.2. The number of hydrogen-bond donors (Lipinski definition) is 1. The predicted molar refractivity (Wildman–Crippen MR) is 65.0 cm³/mol. The molecular weight excluding hydrogens is 202 g/mol. The number of Topliss-reactive ketones (excluding diaryl/α,β-unsaturated/α-hetero) is 1. The van der Waals surface area contributed by atoms with E-state index >= 15 is 0 Å². The van der Waals surface area contributed by atoms with Crippen LogP contribution in [0.2, 0.25) is 0 Å². The molecule has 0 aromatic rings. The van der Waals surface area contributed by atoms with E-state index in [4.69, 9.17) is 0 Å². The number of carbonyl (C=O) groups excluding carboxylic acids is 1. The van der Waals surface area contributed by atoms with Crippen molar-refractivity contribution in [3.05, 3.63) is 11.8 Å². The van der Waals surface area contributed by atoms with Crippen LogP contribution in [0.15, 0.2) is 11.8 Å². The number of ketones is 1. The second kappa shape index (κ2) is 5.48. The third kappa shape index (κ3) is 3.63. The van der Waals surface area contributed by atoms with E-state index in [1.165, 1.54) is 0 Å². The van der Waals surface area contributed by atoms with Crippen molar-refractivity contribution in [2.24, 2.45) is 11.8 Å². The van der Waals surface area contributed by atoms with Crippen molar-refractivity contribution in [1.29, 1.82) is 0 Å². The molecule has 1 N–H and O–H groups in total. The lowest BCUT2D eigenvalue weighted by Crippen LogP contribution is -2.31. The summed E-state index contributed by atoms with van der Waals surface area (Å²) < 4.78 is 0. The number of hydrogen-bond acceptors (Lipinski definition) is 3. The van der Waals surface area contributed by atoms with Crippen molar-refractivity contribution in [3.8, 4) is 0 Å². The predicted octanol–water partition coefficient (Wildman–Crippen LogP) is 1.82. The first-order chi connectivity index (χ1) is 7.40. The summed E-state index contributed by atoms with van der Waals surface area (Å²) in [5.74, 6) is 1.05. The minimum atomic E-state index is -0.576. The minimum absolute atomic E-state index is 0.109. The summed E-state index contributed by atoms with van der Waals surface area (Å²) in [6.07, 6.45) is 3.52. The van der Waals surface area contributed by atoms with Gasteiger partial charge in [-0.05, 0) is 24.7 Å².